The largest absolute Gasteiger partial charge is 0.274 e. The predicted octanol–water partition coefficient (Wildman–Crippen LogP) is 1.81. The highest BCUT2D eigenvalue weighted by atomic mass is 16.2. The van der Waals surface area contributed by atoms with Gasteiger partial charge in [-0.2, -0.15) is 0 Å². The summed E-state index contributed by atoms with van der Waals surface area (Å²) >= 11 is 0. The van der Waals surface area contributed by atoms with Gasteiger partial charge in [0, 0.05) is 5.57 Å². The monoisotopic (exact) mass is 201 g/mol. The number of benzene rings is 1. The van der Waals surface area contributed by atoms with E-state index in [9.17, 15) is 9.59 Å². The van der Waals surface area contributed by atoms with Crippen molar-refractivity contribution in [2.24, 2.45) is 0 Å². The van der Waals surface area contributed by atoms with Crippen LogP contribution in [-0.4, -0.2) is 11.8 Å². The van der Waals surface area contributed by atoms with Gasteiger partial charge >= 0.3 is 0 Å². The molecular formula is C12H11NO2. The molecule has 1 aliphatic heterocycles. The topological polar surface area (TPSA) is 37.4 Å². The minimum atomic E-state index is -0.283. The summed E-state index contributed by atoms with van der Waals surface area (Å²) in [5.41, 5.74) is 1.93. The molecule has 0 atom stereocenters. The molecule has 0 unspecified atom stereocenters. The maximum atomic E-state index is 11.7. The molecule has 1 aliphatic rings. The molecular weight excluding hydrogens is 190 g/mol. The normalized spacial score (nSPS) is 16.3. The highest BCUT2D eigenvalue weighted by molar-refractivity contribution is 6.28. The summed E-state index contributed by atoms with van der Waals surface area (Å²) in [6.07, 6.45) is 0.132. The Balaban J connectivity index is 2.48. The summed E-state index contributed by atoms with van der Waals surface area (Å²) in [4.78, 5) is 24.5. The third kappa shape index (κ3) is 1.46. The molecule has 15 heavy (non-hydrogen) atoms. The number of hydrogen-bond donors (Lipinski definition) is 0. The van der Waals surface area contributed by atoms with Gasteiger partial charge in [-0.25, -0.2) is 4.90 Å². The third-order valence-electron chi connectivity index (χ3n) is 2.48. The van der Waals surface area contributed by atoms with Gasteiger partial charge in [0.15, 0.2) is 0 Å². The number of imide groups is 1. The molecule has 1 saturated heterocycles. The fraction of sp³-hybridized carbons (Fsp3) is 0.167. The van der Waals surface area contributed by atoms with Crippen LogP contribution in [0.25, 0.3) is 0 Å². The van der Waals surface area contributed by atoms with Crippen LogP contribution in [0.5, 0.6) is 0 Å². The fourth-order valence-corrected chi connectivity index (χ4v) is 1.67. The van der Waals surface area contributed by atoms with Gasteiger partial charge in [0.2, 0.25) is 5.91 Å². The Labute approximate surface area is 88.0 Å². The molecule has 0 radical (unpaired) electrons. The van der Waals surface area contributed by atoms with E-state index in [4.69, 9.17) is 0 Å². The van der Waals surface area contributed by atoms with Crippen LogP contribution in [0.1, 0.15) is 12.0 Å². The second-order valence-corrected chi connectivity index (χ2v) is 3.60. The lowest BCUT2D eigenvalue weighted by atomic mass is 10.2. The van der Waals surface area contributed by atoms with Gasteiger partial charge in [0.05, 0.1) is 12.1 Å². The van der Waals surface area contributed by atoms with Crippen molar-refractivity contribution in [3.8, 4) is 0 Å². The van der Waals surface area contributed by atoms with Gasteiger partial charge in [0.25, 0.3) is 5.91 Å². The SMILES string of the molecule is C=C1CC(=O)N(c2ccccc2C)C1=O. The number of anilines is 1. The number of aryl methyl sites for hydroxylation is 1. The Morgan fingerprint density at radius 3 is 2.47 bits per heavy atom. The average Bonchev–Trinajstić information content (AvgIpc) is 2.43. The van der Waals surface area contributed by atoms with Gasteiger partial charge in [-0.05, 0) is 18.6 Å². The average molecular weight is 201 g/mol. The van der Waals surface area contributed by atoms with Crippen LogP contribution >= 0.6 is 0 Å². The van der Waals surface area contributed by atoms with Crippen molar-refractivity contribution >= 4 is 17.5 Å². The first-order chi connectivity index (χ1) is 7.11. The summed E-state index contributed by atoms with van der Waals surface area (Å²) < 4.78 is 0. The van der Waals surface area contributed by atoms with Crippen molar-refractivity contribution in [3.63, 3.8) is 0 Å². The second-order valence-electron chi connectivity index (χ2n) is 3.60. The van der Waals surface area contributed by atoms with E-state index in [1.807, 2.05) is 25.1 Å². The van der Waals surface area contributed by atoms with E-state index in [0.29, 0.717) is 11.3 Å². The van der Waals surface area contributed by atoms with E-state index in [1.165, 1.54) is 4.90 Å². The lowest BCUT2D eigenvalue weighted by molar-refractivity contribution is -0.120. The first-order valence-corrected chi connectivity index (χ1v) is 4.72. The molecule has 0 aromatic heterocycles. The molecule has 1 fully saturated rings. The summed E-state index contributed by atoms with van der Waals surface area (Å²) in [6.45, 7) is 5.45. The van der Waals surface area contributed by atoms with Gasteiger partial charge < -0.3 is 0 Å². The molecule has 0 saturated carbocycles. The second kappa shape index (κ2) is 3.35. The van der Waals surface area contributed by atoms with Crippen LogP contribution in [0, 0.1) is 6.92 Å². The lowest BCUT2D eigenvalue weighted by Crippen LogP contribution is -2.29. The van der Waals surface area contributed by atoms with E-state index >= 15 is 0 Å². The summed E-state index contributed by atoms with van der Waals surface area (Å²) in [6, 6.07) is 7.32. The molecule has 0 spiro atoms. The minimum absolute atomic E-state index is 0.132. The standard InChI is InChI=1S/C12H11NO2/c1-8-5-3-4-6-10(8)13-11(14)7-9(2)12(13)15/h3-6H,2,7H2,1H3. The van der Waals surface area contributed by atoms with E-state index in [0.717, 1.165) is 5.56 Å². The quantitative estimate of drug-likeness (QED) is 0.513. The number of para-hydroxylation sites is 1. The molecule has 2 rings (SSSR count). The summed E-state index contributed by atoms with van der Waals surface area (Å²) in [5.74, 6) is -0.478. The van der Waals surface area contributed by atoms with E-state index in [-0.39, 0.29) is 18.2 Å². The van der Waals surface area contributed by atoms with E-state index < -0.39 is 0 Å². The summed E-state index contributed by atoms with van der Waals surface area (Å²) in [5, 5.41) is 0. The van der Waals surface area contributed by atoms with Crippen molar-refractivity contribution in [3.05, 3.63) is 42.0 Å². The Hall–Kier alpha value is -1.90. The number of nitrogens with zero attached hydrogens (tertiary/aromatic N) is 1. The molecule has 0 N–H and O–H groups in total. The molecule has 1 aromatic carbocycles. The molecule has 2 amide bonds. The highest BCUT2D eigenvalue weighted by Crippen LogP contribution is 2.27. The van der Waals surface area contributed by atoms with E-state index in [1.54, 1.807) is 6.07 Å². The smallest absolute Gasteiger partial charge is 0.260 e. The van der Waals surface area contributed by atoms with Crippen LogP contribution < -0.4 is 4.90 Å². The predicted molar refractivity (Wildman–Crippen MR) is 57.4 cm³/mol. The number of amides is 2. The van der Waals surface area contributed by atoms with Gasteiger partial charge in [-0.15, -0.1) is 0 Å². The first-order valence-electron chi connectivity index (χ1n) is 4.72. The van der Waals surface area contributed by atoms with Gasteiger partial charge in [-0.1, -0.05) is 24.8 Å². The molecule has 3 heteroatoms. The fourth-order valence-electron chi connectivity index (χ4n) is 1.67. The third-order valence-corrected chi connectivity index (χ3v) is 2.48. The summed E-state index contributed by atoms with van der Waals surface area (Å²) in [7, 11) is 0. The van der Waals surface area contributed by atoms with Crippen molar-refractivity contribution in [1.82, 2.24) is 0 Å². The van der Waals surface area contributed by atoms with Crippen LogP contribution in [-0.2, 0) is 9.59 Å². The molecule has 1 heterocycles. The zero-order chi connectivity index (χ0) is 11.0. The van der Waals surface area contributed by atoms with Crippen LogP contribution in [0.15, 0.2) is 36.4 Å². The molecule has 1 aromatic rings. The van der Waals surface area contributed by atoms with E-state index in [2.05, 4.69) is 6.58 Å². The first kappa shape index (κ1) is 9.65. The van der Waals surface area contributed by atoms with Crippen molar-refractivity contribution in [1.29, 1.82) is 0 Å². The highest BCUT2D eigenvalue weighted by Gasteiger charge is 2.34. The number of carbonyl (C=O) groups excluding carboxylic acids is 2. The molecule has 0 aliphatic carbocycles. The van der Waals surface area contributed by atoms with Crippen molar-refractivity contribution in [2.45, 2.75) is 13.3 Å². The van der Waals surface area contributed by atoms with Crippen LogP contribution in [0.4, 0.5) is 5.69 Å². The van der Waals surface area contributed by atoms with Gasteiger partial charge in [0.1, 0.15) is 0 Å². The molecule has 3 nitrogen and oxygen atoms in total. The number of hydrogen-bond acceptors (Lipinski definition) is 2. The zero-order valence-corrected chi connectivity index (χ0v) is 8.49. The number of carbonyl (C=O) groups is 2. The van der Waals surface area contributed by atoms with Crippen LogP contribution in [0.3, 0.4) is 0 Å². The Kier molecular flexibility index (Phi) is 2.15. The Bertz CT molecular complexity index is 462. The van der Waals surface area contributed by atoms with Gasteiger partial charge in [-0.3, -0.25) is 9.59 Å². The van der Waals surface area contributed by atoms with Crippen molar-refractivity contribution < 1.29 is 9.59 Å². The maximum Gasteiger partial charge on any atom is 0.260 e. The zero-order valence-electron chi connectivity index (χ0n) is 8.49. The Morgan fingerprint density at radius 2 is 1.93 bits per heavy atom. The lowest BCUT2D eigenvalue weighted by Gasteiger charge is -2.15. The minimum Gasteiger partial charge on any atom is -0.274 e. The van der Waals surface area contributed by atoms with Crippen molar-refractivity contribution in [2.75, 3.05) is 4.90 Å². The molecule has 76 valence electrons. The maximum absolute atomic E-state index is 11.7. The van der Waals surface area contributed by atoms with Crippen LogP contribution in [0.2, 0.25) is 0 Å². The Morgan fingerprint density at radius 1 is 1.27 bits per heavy atom. The molecule has 0 bridgehead atoms. The number of rotatable bonds is 1.